The van der Waals surface area contributed by atoms with Crippen molar-refractivity contribution >= 4 is 27.7 Å². The van der Waals surface area contributed by atoms with Gasteiger partial charge in [0.15, 0.2) is 5.78 Å². The number of benzene rings is 3. The molecule has 256 valence electrons. The molecule has 13 heteroatoms. The van der Waals surface area contributed by atoms with Crippen LogP contribution in [0.4, 0.5) is 14.0 Å². The van der Waals surface area contributed by atoms with Crippen molar-refractivity contribution in [2.75, 3.05) is 32.8 Å². The Kier molecular flexibility index (Phi) is 13.5. The summed E-state index contributed by atoms with van der Waals surface area (Å²) in [7, 11) is -4.66. The number of nitrogens with zero attached hydrogens (tertiary/aromatic N) is 1. The molecule has 0 aromatic heterocycles. The van der Waals surface area contributed by atoms with Gasteiger partial charge in [0.1, 0.15) is 6.61 Å². The molecule has 4 N–H and O–H groups in total. The Morgan fingerprint density at radius 1 is 0.875 bits per heavy atom. The van der Waals surface area contributed by atoms with E-state index in [0.717, 1.165) is 11.1 Å². The SMILES string of the molecule is NC(=C(F)S(=O)(=O)c1ccccc1)C(CCCCNC(=O)OCc1ccccc1)C(=O)C(Cc1ccccc1)NC(=O)N1CCOCC1. The van der Waals surface area contributed by atoms with E-state index in [1.54, 1.807) is 30.3 Å². The molecule has 0 bridgehead atoms. The number of amides is 3. The third-order valence-corrected chi connectivity index (χ3v) is 9.46. The molecule has 4 rings (SSSR count). The van der Waals surface area contributed by atoms with Crippen LogP contribution >= 0.6 is 0 Å². The minimum absolute atomic E-state index is 0.0398. The first-order valence-electron chi connectivity index (χ1n) is 15.8. The average molecular weight is 681 g/mol. The summed E-state index contributed by atoms with van der Waals surface area (Å²) in [6.07, 6.45) is 0.0289. The van der Waals surface area contributed by atoms with E-state index in [1.165, 1.54) is 29.2 Å². The van der Waals surface area contributed by atoms with Crippen LogP contribution in [0.1, 0.15) is 30.4 Å². The summed E-state index contributed by atoms with van der Waals surface area (Å²) < 4.78 is 52.8. The lowest BCUT2D eigenvalue weighted by Crippen LogP contribution is -2.53. The molecule has 1 aliphatic heterocycles. The first-order chi connectivity index (χ1) is 23.2. The Morgan fingerprint density at radius 2 is 1.46 bits per heavy atom. The standard InChI is InChI=1S/C35H41FN4O7S/c36-33(48(44,45)28-16-8-3-9-17-28)31(37)29(18-10-11-19-38-35(43)47-25-27-14-6-2-7-15-27)32(41)30(24-26-12-4-1-5-13-26)39-34(42)40-20-22-46-23-21-40/h1-9,12-17,29-30H,10-11,18-25,37H2,(H,38,43)(H,39,42). The maximum Gasteiger partial charge on any atom is 0.407 e. The van der Waals surface area contributed by atoms with Crippen LogP contribution in [0.5, 0.6) is 0 Å². The zero-order valence-corrected chi connectivity index (χ0v) is 27.4. The number of nitrogens with two attached hydrogens (primary N) is 1. The van der Waals surface area contributed by atoms with E-state index in [4.69, 9.17) is 15.2 Å². The molecule has 1 aliphatic rings. The van der Waals surface area contributed by atoms with E-state index in [1.807, 2.05) is 36.4 Å². The number of morpholine rings is 1. The van der Waals surface area contributed by atoms with Gasteiger partial charge in [0.25, 0.3) is 0 Å². The fourth-order valence-corrected chi connectivity index (χ4v) is 6.38. The maximum atomic E-state index is 15.9. The molecule has 0 spiro atoms. The monoisotopic (exact) mass is 680 g/mol. The van der Waals surface area contributed by atoms with Gasteiger partial charge in [-0.2, -0.15) is 4.39 Å². The third kappa shape index (κ3) is 10.4. The number of Topliss-reactive ketones (excluding diaryl/α,β-unsaturated/α-hetero) is 1. The Morgan fingerprint density at radius 3 is 2.08 bits per heavy atom. The normalized spacial score (nSPS) is 15.1. The van der Waals surface area contributed by atoms with Crippen molar-refractivity contribution in [1.29, 1.82) is 0 Å². The van der Waals surface area contributed by atoms with E-state index in [-0.39, 0.29) is 37.3 Å². The lowest BCUT2D eigenvalue weighted by atomic mass is 9.88. The van der Waals surface area contributed by atoms with Gasteiger partial charge in [0.2, 0.25) is 15.0 Å². The largest absolute Gasteiger partial charge is 0.445 e. The van der Waals surface area contributed by atoms with Gasteiger partial charge < -0.3 is 30.7 Å². The van der Waals surface area contributed by atoms with Crippen LogP contribution in [0.25, 0.3) is 0 Å². The molecule has 11 nitrogen and oxygen atoms in total. The quantitative estimate of drug-likeness (QED) is 0.198. The van der Waals surface area contributed by atoms with Crippen LogP contribution in [-0.4, -0.2) is 70.1 Å². The van der Waals surface area contributed by atoms with Gasteiger partial charge in [0, 0.05) is 19.6 Å². The molecule has 0 aliphatic carbocycles. The molecule has 1 saturated heterocycles. The van der Waals surface area contributed by atoms with Gasteiger partial charge in [-0.25, -0.2) is 18.0 Å². The second-order valence-corrected chi connectivity index (χ2v) is 13.1. The van der Waals surface area contributed by atoms with E-state index < -0.39 is 50.6 Å². The summed E-state index contributed by atoms with van der Waals surface area (Å²) in [4.78, 5) is 40.9. The molecular formula is C35H41FN4O7S. The van der Waals surface area contributed by atoms with E-state index in [9.17, 15) is 22.8 Å². The van der Waals surface area contributed by atoms with Gasteiger partial charge in [-0.1, -0.05) is 85.3 Å². The summed E-state index contributed by atoms with van der Waals surface area (Å²) in [6.45, 7) is 1.63. The predicted molar refractivity (Wildman–Crippen MR) is 178 cm³/mol. The number of nitrogens with one attached hydrogen (secondary N) is 2. The second kappa shape index (κ2) is 18.0. The smallest absolute Gasteiger partial charge is 0.407 e. The number of halogens is 1. The molecule has 2 unspecified atom stereocenters. The number of carbonyl (C=O) groups is 3. The van der Waals surface area contributed by atoms with Crippen LogP contribution in [0.15, 0.2) is 107 Å². The van der Waals surface area contributed by atoms with Crippen LogP contribution in [0, 0.1) is 5.92 Å². The molecule has 3 aromatic rings. The number of hydrogen-bond donors (Lipinski definition) is 3. The van der Waals surface area contributed by atoms with Crippen molar-refractivity contribution in [3.8, 4) is 0 Å². The van der Waals surface area contributed by atoms with Crippen molar-refractivity contribution in [2.45, 2.75) is 43.2 Å². The first-order valence-corrected chi connectivity index (χ1v) is 17.3. The van der Waals surface area contributed by atoms with Crippen molar-refractivity contribution < 1.29 is 36.7 Å². The van der Waals surface area contributed by atoms with Gasteiger partial charge in [-0.15, -0.1) is 0 Å². The van der Waals surface area contributed by atoms with Crippen LogP contribution in [0.2, 0.25) is 0 Å². The minimum atomic E-state index is -4.66. The molecule has 0 saturated carbocycles. The Hall–Kier alpha value is -4.75. The second-order valence-electron chi connectivity index (χ2n) is 11.3. The van der Waals surface area contributed by atoms with Gasteiger partial charge in [-0.05, 0) is 42.5 Å². The number of unbranched alkanes of at least 4 members (excludes halogenated alkanes) is 1. The van der Waals surface area contributed by atoms with Crippen LogP contribution < -0.4 is 16.4 Å². The number of alkyl carbamates (subject to hydrolysis) is 1. The van der Waals surface area contributed by atoms with Gasteiger partial charge >= 0.3 is 12.1 Å². The average Bonchev–Trinajstić information content (AvgIpc) is 3.12. The summed E-state index contributed by atoms with van der Waals surface area (Å²) in [6, 6.07) is 23.5. The van der Waals surface area contributed by atoms with Crippen LogP contribution in [-0.2, 0) is 37.1 Å². The number of ketones is 1. The number of allylic oxidation sites excluding steroid dienone is 1. The van der Waals surface area contributed by atoms with Crippen molar-refractivity contribution in [1.82, 2.24) is 15.5 Å². The Balaban J connectivity index is 1.52. The number of rotatable bonds is 15. The van der Waals surface area contributed by atoms with E-state index >= 15 is 4.39 Å². The summed E-state index contributed by atoms with van der Waals surface area (Å²) in [5, 5.41) is 3.80. The zero-order valence-electron chi connectivity index (χ0n) is 26.6. The van der Waals surface area contributed by atoms with Gasteiger partial charge in [-0.3, -0.25) is 4.79 Å². The first kappa shape index (κ1) is 36.1. The predicted octanol–water partition coefficient (Wildman–Crippen LogP) is 4.49. The molecule has 2 atom stereocenters. The zero-order chi connectivity index (χ0) is 34.4. The highest BCUT2D eigenvalue weighted by Gasteiger charge is 2.35. The highest BCUT2D eigenvalue weighted by atomic mass is 32.2. The van der Waals surface area contributed by atoms with Crippen molar-refractivity contribution in [2.24, 2.45) is 11.7 Å². The summed E-state index contributed by atoms with van der Waals surface area (Å²) in [5.41, 5.74) is 7.05. The summed E-state index contributed by atoms with van der Waals surface area (Å²) in [5.74, 6) is -2.03. The van der Waals surface area contributed by atoms with Crippen molar-refractivity contribution in [3.63, 3.8) is 0 Å². The van der Waals surface area contributed by atoms with E-state index in [2.05, 4.69) is 10.6 Å². The Bertz CT molecular complexity index is 1640. The Labute approximate surface area is 280 Å². The molecule has 3 aromatic carbocycles. The van der Waals surface area contributed by atoms with Gasteiger partial charge in [0.05, 0.1) is 35.8 Å². The number of ether oxygens (including phenoxy) is 2. The fraction of sp³-hybridized carbons (Fsp3) is 0.343. The maximum absolute atomic E-state index is 15.9. The molecule has 48 heavy (non-hydrogen) atoms. The fourth-order valence-electron chi connectivity index (χ4n) is 5.21. The highest BCUT2D eigenvalue weighted by molar-refractivity contribution is 7.95. The number of carbonyl (C=O) groups excluding carboxylic acids is 3. The summed E-state index contributed by atoms with van der Waals surface area (Å²) >= 11 is 0. The number of sulfone groups is 1. The van der Waals surface area contributed by atoms with Crippen LogP contribution in [0.3, 0.4) is 0 Å². The topological polar surface area (TPSA) is 157 Å². The number of hydrogen-bond acceptors (Lipinski definition) is 8. The molecular weight excluding hydrogens is 639 g/mol. The number of urea groups is 1. The highest BCUT2D eigenvalue weighted by Crippen LogP contribution is 2.28. The molecule has 0 radical (unpaired) electrons. The molecule has 1 fully saturated rings. The van der Waals surface area contributed by atoms with Crippen molar-refractivity contribution in [3.05, 3.63) is 113 Å². The molecule has 3 amide bonds. The third-order valence-electron chi connectivity index (χ3n) is 7.86. The van der Waals surface area contributed by atoms with E-state index in [0.29, 0.717) is 32.7 Å². The molecule has 1 heterocycles. The lowest BCUT2D eigenvalue weighted by molar-refractivity contribution is -0.124. The minimum Gasteiger partial charge on any atom is -0.445 e. The lowest BCUT2D eigenvalue weighted by Gasteiger charge is -2.30.